The number of fused-ring (bicyclic) bond motifs is 1. The zero-order valence-corrected chi connectivity index (χ0v) is 18.1. The van der Waals surface area contributed by atoms with Crippen LogP contribution in [0.25, 0.3) is 16.5 Å². The maximum atomic E-state index is 13.6. The van der Waals surface area contributed by atoms with Crippen molar-refractivity contribution in [2.75, 3.05) is 25.7 Å². The minimum Gasteiger partial charge on any atom is -0.497 e. The number of aromatic nitrogens is 2. The molecule has 0 saturated heterocycles. The van der Waals surface area contributed by atoms with Crippen molar-refractivity contribution >= 4 is 22.4 Å². The first kappa shape index (κ1) is 21.1. The first-order valence-corrected chi connectivity index (χ1v) is 10.2. The third-order valence-corrected chi connectivity index (χ3v) is 5.14. The fraction of sp³-hybridized carbons (Fsp3) is 0.160. The van der Waals surface area contributed by atoms with E-state index < -0.39 is 0 Å². The summed E-state index contributed by atoms with van der Waals surface area (Å²) in [6.07, 6.45) is 0. The highest BCUT2D eigenvalue weighted by molar-refractivity contribution is 6.12. The van der Waals surface area contributed by atoms with Crippen LogP contribution >= 0.6 is 0 Å². The van der Waals surface area contributed by atoms with E-state index in [1.54, 1.807) is 62.7 Å². The Balaban J connectivity index is 1.90. The number of rotatable bonds is 6. The number of nitrogens with zero attached hydrogens (tertiary/aromatic N) is 3. The summed E-state index contributed by atoms with van der Waals surface area (Å²) in [5, 5.41) is 5.38. The third-order valence-electron chi connectivity index (χ3n) is 5.14. The molecule has 0 fully saturated rings. The lowest BCUT2D eigenvalue weighted by molar-refractivity contribution is 0.0987. The number of hydrogen-bond donors (Lipinski definition) is 0. The van der Waals surface area contributed by atoms with Gasteiger partial charge in [-0.25, -0.2) is 0 Å². The molecule has 0 aliphatic carbocycles. The number of methoxy groups -OCH3 is 1. The molecular weight excluding hydrogens is 406 g/mol. The fourth-order valence-electron chi connectivity index (χ4n) is 3.54. The van der Waals surface area contributed by atoms with Crippen LogP contribution in [-0.4, -0.2) is 36.5 Å². The Morgan fingerprint density at radius 2 is 1.72 bits per heavy atom. The average molecular weight is 429 g/mol. The van der Waals surface area contributed by atoms with Crippen molar-refractivity contribution in [2.24, 2.45) is 0 Å². The van der Waals surface area contributed by atoms with E-state index >= 15 is 0 Å². The number of carbonyl (C=O) groups excluding carboxylic acids is 1. The molecule has 0 spiro atoms. The van der Waals surface area contributed by atoms with Crippen molar-refractivity contribution in [2.45, 2.75) is 6.92 Å². The molecule has 0 N–H and O–H groups in total. The number of carbonyl (C=O) groups is 1. The first-order valence-electron chi connectivity index (χ1n) is 10.2. The molecule has 7 heteroatoms. The lowest BCUT2D eigenvalue weighted by atomic mass is 10.1. The van der Waals surface area contributed by atoms with Gasteiger partial charge in [0.25, 0.3) is 11.5 Å². The molecule has 162 valence electrons. The summed E-state index contributed by atoms with van der Waals surface area (Å²) in [4.78, 5) is 28.3. The lowest BCUT2D eigenvalue weighted by Gasteiger charge is -2.21. The predicted octanol–water partition coefficient (Wildman–Crippen LogP) is 4.07. The van der Waals surface area contributed by atoms with Gasteiger partial charge in [-0.3, -0.25) is 9.59 Å². The smallest absolute Gasteiger partial charge is 0.279 e. The van der Waals surface area contributed by atoms with Crippen LogP contribution in [0.3, 0.4) is 0 Å². The van der Waals surface area contributed by atoms with Gasteiger partial charge in [-0.15, -0.1) is 0 Å². The molecule has 7 nitrogen and oxygen atoms in total. The zero-order chi connectivity index (χ0) is 22.7. The summed E-state index contributed by atoms with van der Waals surface area (Å²) < 4.78 is 12.2. The normalized spacial score (nSPS) is 10.7. The van der Waals surface area contributed by atoms with Gasteiger partial charge in [0, 0.05) is 18.5 Å². The summed E-state index contributed by atoms with van der Waals surface area (Å²) in [5.41, 5.74) is 0.968. The van der Waals surface area contributed by atoms with Gasteiger partial charge < -0.3 is 14.4 Å². The number of amides is 1. The van der Waals surface area contributed by atoms with Gasteiger partial charge in [-0.1, -0.05) is 36.4 Å². The Bertz CT molecular complexity index is 1350. The zero-order valence-electron chi connectivity index (χ0n) is 18.1. The van der Waals surface area contributed by atoms with E-state index in [1.807, 2.05) is 31.2 Å². The van der Waals surface area contributed by atoms with Crippen LogP contribution in [0.4, 0.5) is 5.69 Å². The van der Waals surface area contributed by atoms with Crippen LogP contribution in [0, 0.1) is 0 Å². The van der Waals surface area contributed by atoms with E-state index in [0.29, 0.717) is 40.3 Å². The number of para-hydroxylation sites is 2. The molecule has 0 aliphatic rings. The van der Waals surface area contributed by atoms with Crippen LogP contribution in [0.2, 0.25) is 0 Å². The van der Waals surface area contributed by atoms with Gasteiger partial charge >= 0.3 is 0 Å². The molecule has 4 rings (SSSR count). The maximum absolute atomic E-state index is 13.6. The molecule has 0 radical (unpaired) electrons. The Hall–Kier alpha value is -4.13. The summed E-state index contributed by atoms with van der Waals surface area (Å²) in [6.45, 7) is 2.36. The molecule has 0 unspecified atom stereocenters. The number of anilines is 1. The molecule has 0 aliphatic heterocycles. The lowest BCUT2D eigenvalue weighted by Crippen LogP contribution is -2.31. The van der Waals surface area contributed by atoms with Gasteiger partial charge in [0.05, 0.1) is 30.5 Å². The molecule has 0 bridgehead atoms. The van der Waals surface area contributed by atoms with E-state index in [9.17, 15) is 9.59 Å². The highest BCUT2D eigenvalue weighted by Gasteiger charge is 2.23. The second-order valence-corrected chi connectivity index (χ2v) is 7.08. The standard InChI is InChI=1S/C25H23N3O4/c1-4-32-22-15-8-7-14-21(22)27(2)25(30)23-19-12-5-6-13-20(19)24(29)28(26-23)17-10-9-11-18(16-17)31-3/h5-16H,4H2,1-3H3. The van der Waals surface area contributed by atoms with Gasteiger partial charge in [0.15, 0.2) is 5.69 Å². The Kier molecular flexibility index (Phi) is 5.89. The molecule has 4 aromatic rings. The molecule has 1 heterocycles. The van der Waals surface area contributed by atoms with Crippen LogP contribution in [0.1, 0.15) is 17.4 Å². The number of ether oxygens (including phenoxy) is 2. The fourth-order valence-corrected chi connectivity index (χ4v) is 3.54. The highest BCUT2D eigenvalue weighted by Crippen LogP contribution is 2.29. The Morgan fingerprint density at radius 3 is 2.47 bits per heavy atom. The van der Waals surface area contributed by atoms with Crippen molar-refractivity contribution in [1.82, 2.24) is 9.78 Å². The minimum atomic E-state index is -0.356. The van der Waals surface area contributed by atoms with Crippen molar-refractivity contribution in [3.63, 3.8) is 0 Å². The van der Waals surface area contributed by atoms with Crippen LogP contribution in [0.5, 0.6) is 11.5 Å². The van der Waals surface area contributed by atoms with Crippen molar-refractivity contribution in [3.8, 4) is 17.2 Å². The maximum Gasteiger partial charge on any atom is 0.279 e. The summed E-state index contributed by atoms with van der Waals surface area (Å²) in [5.74, 6) is 0.821. The topological polar surface area (TPSA) is 73.7 Å². The number of benzene rings is 3. The van der Waals surface area contributed by atoms with Crippen LogP contribution in [0.15, 0.2) is 77.6 Å². The van der Waals surface area contributed by atoms with Gasteiger partial charge in [-0.2, -0.15) is 9.78 Å². The molecule has 0 saturated carbocycles. The SMILES string of the molecule is CCOc1ccccc1N(C)C(=O)c1nn(-c2cccc(OC)c2)c(=O)c2ccccc12. The largest absolute Gasteiger partial charge is 0.497 e. The second kappa shape index (κ2) is 8.93. The van der Waals surface area contributed by atoms with E-state index in [1.165, 1.54) is 9.58 Å². The quantitative estimate of drug-likeness (QED) is 0.462. The summed E-state index contributed by atoms with van der Waals surface area (Å²) in [7, 11) is 3.22. The van der Waals surface area contributed by atoms with E-state index in [2.05, 4.69) is 5.10 Å². The van der Waals surface area contributed by atoms with Gasteiger partial charge in [-0.05, 0) is 37.3 Å². The predicted molar refractivity (Wildman–Crippen MR) is 124 cm³/mol. The molecule has 3 aromatic carbocycles. The van der Waals surface area contributed by atoms with Crippen molar-refractivity contribution in [1.29, 1.82) is 0 Å². The van der Waals surface area contributed by atoms with Crippen LogP contribution < -0.4 is 19.9 Å². The molecular formula is C25H23N3O4. The first-order chi connectivity index (χ1) is 15.5. The van der Waals surface area contributed by atoms with Crippen LogP contribution in [-0.2, 0) is 0 Å². The van der Waals surface area contributed by atoms with Crippen molar-refractivity contribution < 1.29 is 14.3 Å². The van der Waals surface area contributed by atoms with E-state index in [4.69, 9.17) is 9.47 Å². The Labute approximate surface area is 185 Å². The molecule has 1 amide bonds. The Morgan fingerprint density at radius 1 is 1.00 bits per heavy atom. The monoisotopic (exact) mass is 429 g/mol. The second-order valence-electron chi connectivity index (χ2n) is 7.08. The van der Waals surface area contributed by atoms with Gasteiger partial charge in [0.1, 0.15) is 11.5 Å². The summed E-state index contributed by atoms with van der Waals surface area (Å²) in [6, 6.07) is 21.3. The van der Waals surface area contributed by atoms with Gasteiger partial charge in [0.2, 0.25) is 0 Å². The van der Waals surface area contributed by atoms with Crippen molar-refractivity contribution in [3.05, 3.63) is 88.8 Å². The molecule has 1 aromatic heterocycles. The summed E-state index contributed by atoms with van der Waals surface area (Å²) >= 11 is 0. The number of hydrogen-bond acceptors (Lipinski definition) is 5. The van der Waals surface area contributed by atoms with E-state index in [-0.39, 0.29) is 17.2 Å². The molecule has 0 atom stereocenters. The van der Waals surface area contributed by atoms with E-state index in [0.717, 1.165) is 0 Å². The average Bonchev–Trinajstić information content (AvgIpc) is 2.84. The molecule has 32 heavy (non-hydrogen) atoms. The highest BCUT2D eigenvalue weighted by atomic mass is 16.5. The third kappa shape index (κ3) is 3.80. The minimum absolute atomic E-state index is 0.164.